The molecule has 1 aromatic carbocycles. The maximum atomic E-state index is 5.74. The summed E-state index contributed by atoms with van der Waals surface area (Å²) in [5.41, 5.74) is 13.6. The number of aromatic nitrogens is 2. The Labute approximate surface area is 115 Å². The zero-order valence-electron chi connectivity index (χ0n) is 12.3. The van der Waals surface area contributed by atoms with Crippen LogP contribution in [0.3, 0.4) is 0 Å². The first kappa shape index (κ1) is 13.8. The highest BCUT2D eigenvalue weighted by Gasteiger charge is 2.10. The number of rotatable bonds is 4. The molecule has 0 saturated heterocycles. The van der Waals surface area contributed by atoms with Crippen LogP contribution in [-0.2, 0) is 26.4 Å². The molecule has 0 saturated carbocycles. The lowest BCUT2D eigenvalue weighted by atomic mass is 9.95. The summed E-state index contributed by atoms with van der Waals surface area (Å²) in [6, 6.07) is 4.52. The van der Waals surface area contributed by atoms with Gasteiger partial charge in [0.1, 0.15) is 0 Å². The number of nitrogens with two attached hydrogens (primary N) is 1. The lowest BCUT2D eigenvalue weighted by Gasteiger charge is -2.12. The van der Waals surface area contributed by atoms with Gasteiger partial charge in [0.05, 0.1) is 12.0 Å². The molecule has 0 spiro atoms. The highest BCUT2D eigenvalue weighted by molar-refractivity contribution is 5.38. The van der Waals surface area contributed by atoms with E-state index in [1.165, 1.54) is 27.9 Å². The maximum absolute atomic E-state index is 5.74. The first-order valence-corrected chi connectivity index (χ1v) is 6.78. The van der Waals surface area contributed by atoms with Crippen LogP contribution in [0.25, 0.3) is 0 Å². The van der Waals surface area contributed by atoms with Gasteiger partial charge in [-0.3, -0.25) is 0 Å². The Morgan fingerprint density at radius 3 is 2.32 bits per heavy atom. The summed E-state index contributed by atoms with van der Waals surface area (Å²) < 4.78 is 2.08. The van der Waals surface area contributed by atoms with E-state index >= 15 is 0 Å². The van der Waals surface area contributed by atoms with Crippen molar-refractivity contribution in [3.8, 4) is 0 Å². The maximum Gasteiger partial charge on any atom is 0.0949 e. The lowest BCUT2D eigenvalue weighted by molar-refractivity contribution is 0.781. The van der Waals surface area contributed by atoms with E-state index in [9.17, 15) is 0 Å². The Balaban J connectivity index is 2.21. The van der Waals surface area contributed by atoms with Gasteiger partial charge in [0.2, 0.25) is 0 Å². The largest absolute Gasteiger partial charge is 0.337 e. The average molecular weight is 257 g/mol. The summed E-state index contributed by atoms with van der Waals surface area (Å²) in [7, 11) is 2.04. The van der Waals surface area contributed by atoms with Crippen molar-refractivity contribution in [1.29, 1.82) is 0 Å². The third-order valence-electron chi connectivity index (χ3n) is 3.79. The summed E-state index contributed by atoms with van der Waals surface area (Å²) in [5, 5.41) is 0. The monoisotopic (exact) mass is 257 g/mol. The Bertz CT molecular complexity index is 559. The van der Waals surface area contributed by atoms with Crippen molar-refractivity contribution in [3.63, 3.8) is 0 Å². The fourth-order valence-electron chi connectivity index (χ4n) is 2.84. The quantitative estimate of drug-likeness (QED) is 0.915. The molecule has 0 fully saturated rings. The van der Waals surface area contributed by atoms with Crippen LogP contribution in [0.2, 0.25) is 0 Å². The molecule has 0 amide bonds. The highest BCUT2D eigenvalue weighted by Crippen LogP contribution is 2.19. The van der Waals surface area contributed by atoms with Crippen LogP contribution in [0, 0.1) is 20.8 Å². The van der Waals surface area contributed by atoms with E-state index in [0.717, 1.165) is 18.5 Å². The van der Waals surface area contributed by atoms with Gasteiger partial charge >= 0.3 is 0 Å². The van der Waals surface area contributed by atoms with E-state index in [0.29, 0.717) is 6.54 Å². The zero-order valence-corrected chi connectivity index (χ0v) is 12.3. The van der Waals surface area contributed by atoms with E-state index in [1.54, 1.807) is 0 Å². The van der Waals surface area contributed by atoms with Gasteiger partial charge in [-0.05, 0) is 50.3 Å². The molecule has 1 heterocycles. The minimum absolute atomic E-state index is 0.516. The van der Waals surface area contributed by atoms with Crippen LogP contribution < -0.4 is 5.73 Å². The second-order valence-electron chi connectivity index (χ2n) is 5.33. The molecule has 3 heteroatoms. The van der Waals surface area contributed by atoms with Crippen molar-refractivity contribution in [1.82, 2.24) is 9.55 Å². The van der Waals surface area contributed by atoms with Crippen molar-refractivity contribution in [3.05, 3.63) is 52.1 Å². The molecule has 0 aliphatic rings. The first-order chi connectivity index (χ1) is 9.02. The van der Waals surface area contributed by atoms with Gasteiger partial charge in [-0.1, -0.05) is 17.7 Å². The van der Waals surface area contributed by atoms with E-state index in [2.05, 4.69) is 42.5 Å². The second kappa shape index (κ2) is 5.57. The molecule has 2 aromatic rings. The number of aryl methyl sites for hydroxylation is 4. The van der Waals surface area contributed by atoms with E-state index in [4.69, 9.17) is 5.73 Å². The molecular weight excluding hydrogens is 234 g/mol. The van der Waals surface area contributed by atoms with Gasteiger partial charge in [0, 0.05) is 19.3 Å². The van der Waals surface area contributed by atoms with Crippen LogP contribution in [0.1, 0.15) is 33.6 Å². The predicted molar refractivity (Wildman–Crippen MR) is 79.2 cm³/mol. The van der Waals surface area contributed by atoms with Crippen LogP contribution in [0.15, 0.2) is 18.5 Å². The zero-order chi connectivity index (χ0) is 14.0. The molecule has 2 rings (SSSR count). The smallest absolute Gasteiger partial charge is 0.0949 e. The second-order valence-corrected chi connectivity index (χ2v) is 5.33. The van der Waals surface area contributed by atoms with Crippen molar-refractivity contribution in [2.45, 2.75) is 40.2 Å². The molecule has 0 unspecified atom stereocenters. The summed E-state index contributed by atoms with van der Waals surface area (Å²) in [6.45, 7) is 7.06. The molecule has 102 valence electrons. The molecule has 3 nitrogen and oxygen atoms in total. The fraction of sp³-hybridized carbons (Fsp3) is 0.438. The van der Waals surface area contributed by atoms with Gasteiger partial charge in [-0.2, -0.15) is 0 Å². The van der Waals surface area contributed by atoms with Crippen molar-refractivity contribution >= 4 is 0 Å². The number of benzene rings is 1. The SMILES string of the molecule is Cc1cc(C)c(CCc2c(CN)ncn2C)c(C)c1. The van der Waals surface area contributed by atoms with Crippen LogP contribution in [-0.4, -0.2) is 9.55 Å². The number of imidazole rings is 1. The van der Waals surface area contributed by atoms with Crippen molar-refractivity contribution in [2.75, 3.05) is 0 Å². The van der Waals surface area contributed by atoms with Gasteiger partial charge < -0.3 is 10.3 Å². The van der Waals surface area contributed by atoms with Crippen molar-refractivity contribution < 1.29 is 0 Å². The van der Waals surface area contributed by atoms with Gasteiger partial charge in [0.15, 0.2) is 0 Å². The number of nitrogens with zero attached hydrogens (tertiary/aromatic N) is 2. The van der Waals surface area contributed by atoms with Crippen molar-refractivity contribution in [2.24, 2.45) is 12.8 Å². The molecule has 19 heavy (non-hydrogen) atoms. The highest BCUT2D eigenvalue weighted by atomic mass is 15.0. The fourth-order valence-corrected chi connectivity index (χ4v) is 2.84. The van der Waals surface area contributed by atoms with E-state index in [-0.39, 0.29) is 0 Å². The molecular formula is C16H23N3. The third-order valence-corrected chi connectivity index (χ3v) is 3.79. The Kier molecular flexibility index (Phi) is 4.05. The molecule has 0 aliphatic carbocycles. The Morgan fingerprint density at radius 2 is 1.74 bits per heavy atom. The lowest BCUT2D eigenvalue weighted by Crippen LogP contribution is -2.07. The third kappa shape index (κ3) is 2.87. The molecule has 0 radical (unpaired) electrons. The summed E-state index contributed by atoms with van der Waals surface area (Å²) in [4.78, 5) is 4.34. The Morgan fingerprint density at radius 1 is 1.11 bits per heavy atom. The Hall–Kier alpha value is -1.61. The van der Waals surface area contributed by atoms with E-state index in [1.807, 2.05) is 13.4 Å². The number of hydrogen-bond acceptors (Lipinski definition) is 2. The first-order valence-electron chi connectivity index (χ1n) is 6.78. The normalized spacial score (nSPS) is 11.0. The summed E-state index contributed by atoms with van der Waals surface area (Å²) in [6.07, 6.45) is 3.89. The van der Waals surface area contributed by atoms with Gasteiger partial charge in [-0.15, -0.1) is 0 Å². The van der Waals surface area contributed by atoms with E-state index < -0.39 is 0 Å². The van der Waals surface area contributed by atoms with Crippen LogP contribution in [0.5, 0.6) is 0 Å². The molecule has 0 atom stereocenters. The summed E-state index contributed by atoms with van der Waals surface area (Å²) >= 11 is 0. The summed E-state index contributed by atoms with van der Waals surface area (Å²) in [5.74, 6) is 0. The minimum atomic E-state index is 0.516. The van der Waals surface area contributed by atoms with Crippen LogP contribution >= 0.6 is 0 Å². The standard InChI is InChI=1S/C16H23N3/c1-11-7-12(2)14(13(3)8-11)5-6-16-15(9-17)18-10-19(16)4/h7-8,10H,5-6,9,17H2,1-4H3. The molecule has 0 bridgehead atoms. The predicted octanol–water partition coefficient (Wildman–Crippen LogP) is 2.59. The van der Waals surface area contributed by atoms with Gasteiger partial charge in [0.25, 0.3) is 0 Å². The topological polar surface area (TPSA) is 43.8 Å². The number of hydrogen-bond donors (Lipinski definition) is 1. The minimum Gasteiger partial charge on any atom is -0.337 e. The van der Waals surface area contributed by atoms with Gasteiger partial charge in [-0.25, -0.2) is 4.98 Å². The molecule has 1 aromatic heterocycles. The van der Waals surface area contributed by atoms with Crippen LogP contribution in [0.4, 0.5) is 0 Å². The molecule has 0 aliphatic heterocycles. The average Bonchev–Trinajstić information content (AvgIpc) is 2.69. The molecule has 2 N–H and O–H groups in total.